The van der Waals surface area contributed by atoms with Crippen LogP contribution in [0.5, 0.6) is 0 Å². The van der Waals surface area contributed by atoms with Crippen LogP contribution in [-0.4, -0.2) is 5.91 Å². The zero-order valence-corrected chi connectivity index (χ0v) is 11.4. The van der Waals surface area contributed by atoms with Gasteiger partial charge in [0.05, 0.1) is 0 Å². The van der Waals surface area contributed by atoms with Gasteiger partial charge in [0.15, 0.2) is 0 Å². The predicted molar refractivity (Wildman–Crippen MR) is 77.6 cm³/mol. The lowest BCUT2D eigenvalue weighted by atomic mass is 10.1. The van der Waals surface area contributed by atoms with Gasteiger partial charge in [0.1, 0.15) is 5.82 Å². The lowest BCUT2D eigenvalue weighted by molar-refractivity contribution is 0.102. The first-order valence-electron chi connectivity index (χ1n) is 6.83. The molecule has 1 aliphatic carbocycles. The van der Waals surface area contributed by atoms with Gasteiger partial charge in [-0.25, -0.2) is 4.39 Å². The van der Waals surface area contributed by atoms with Crippen molar-refractivity contribution in [2.75, 3.05) is 5.32 Å². The van der Waals surface area contributed by atoms with Gasteiger partial charge in [0.25, 0.3) is 5.91 Å². The van der Waals surface area contributed by atoms with Gasteiger partial charge < -0.3 is 5.32 Å². The van der Waals surface area contributed by atoms with E-state index in [2.05, 4.69) is 11.4 Å². The first-order valence-corrected chi connectivity index (χ1v) is 6.83. The maximum Gasteiger partial charge on any atom is 0.255 e. The molecule has 0 atom stereocenters. The molecule has 0 saturated carbocycles. The largest absolute Gasteiger partial charge is 0.322 e. The Hall–Kier alpha value is -2.16. The SMILES string of the molecule is Cc1ccc(C(=O)Nc2ccc3c(c2)CCC3)cc1F. The Morgan fingerprint density at radius 3 is 2.70 bits per heavy atom. The van der Waals surface area contributed by atoms with Gasteiger partial charge in [-0.3, -0.25) is 4.79 Å². The highest BCUT2D eigenvalue weighted by Gasteiger charge is 2.13. The predicted octanol–water partition coefficient (Wildman–Crippen LogP) is 3.88. The van der Waals surface area contributed by atoms with Gasteiger partial charge in [-0.2, -0.15) is 0 Å². The highest BCUT2D eigenvalue weighted by Crippen LogP contribution is 2.25. The molecule has 102 valence electrons. The van der Waals surface area contributed by atoms with Crippen molar-refractivity contribution in [2.45, 2.75) is 26.2 Å². The Morgan fingerprint density at radius 1 is 1.10 bits per heavy atom. The van der Waals surface area contributed by atoms with Crippen molar-refractivity contribution in [1.29, 1.82) is 0 Å². The van der Waals surface area contributed by atoms with Crippen molar-refractivity contribution in [3.05, 3.63) is 64.5 Å². The van der Waals surface area contributed by atoms with E-state index < -0.39 is 0 Å². The molecule has 0 bridgehead atoms. The van der Waals surface area contributed by atoms with Crippen molar-refractivity contribution in [3.8, 4) is 0 Å². The van der Waals surface area contributed by atoms with Crippen molar-refractivity contribution >= 4 is 11.6 Å². The molecule has 0 unspecified atom stereocenters. The molecule has 2 aromatic rings. The van der Waals surface area contributed by atoms with E-state index in [4.69, 9.17) is 0 Å². The normalized spacial score (nSPS) is 13.1. The van der Waals surface area contributed by atoms with E-state index in [1.807, 2.05) is 12.1 Å². The third-order valence-electron chi connectivity index (χ3n) is 3.79. The first-order chi connectivity index (χ1) is 9.63. The fourth-order valence-corrected chi connectivity index (χ4v) is 2.59. The monoisotopic (exact) mass is 269 g/mol. The van der Waals surface area contributed by atoms with Crippen LogP contribution in [0.2, 0.25) is 0 Å². The minimum absolute atomic E-state index is 0.276. The quantitative estimate of drug-likeness (QED) is 0.880. The van der Waals surface area contributed by atoms with E-state index >= 15 is 0 Å². The number of rotatable bonds is 2. The number of nitrogens with one attached hydrogen (secondary N) is 1. The molecule has 0 spiro atoms. The fraction of sp³-hybridized carbons (Fsp3) is 0.235. The van der Waals surface area contributed by atoms with Gasteiger partial charge in [-0.15, -0.1) is 0 Å². The van der Waals surface area contributed by atoms with Crippen LogP contribution in [0.1, 0.15) is 33.5 Å². The number of carbonyl (C=O) groups excluding carboxylic acids is 1. The molecule has 0 aromatic heterocycles. The van der Waals surface area contributed by atoms with Crippen LogP contribution in [0, 0.1) is 12.7 Å². The Kier molecular flexibility index (Phi) is 3.26. The summed E-state index contributed by atoms with van der Waals surface area (Å²) in [5, 5.41) is 2.83. The first kappa shape index (κ1) is 12.9. The number of hydrogen-bond donors (Lipinski definition) is 1. The number of hydrogen-bond acceptors (Lipinski definition) is 1. The minimum Gasteiger partial charge on any atom is -0.322 e. The zero-order chi connectivity index (χ0) is 14.1. The molecule has 2 nitrogen and oxygen atoms in total. The molecule has 3 rings (SSSR count). The Bertz CT molecular complexity index is 679. The van der Waals surface area contributed by atoms with Crippen LogP contribution < -0.4 is 5.32 Å². The van der Waals surface area contributed by atoms with Crippen LogP contribution in [-0.2, 0) is 12.8 Å². The molecule has 0 fully saturated rings. The number of anilines is 1. The smallest absolute Gasteiger partial charge is 0.255 e. The lowest BCUT2D eigenvalue weighted by Crippen LogP contribution is -2.12. The van der Waals surface area contributed by atoms with E-state index in [-0.39, 0.29) is 11.7 Å². The standard InChI is InChI=1S/C17H16FNO/c1-11-5-6-14(10-16(11)18)17(20)19-15-8-7-12-3-2-4-13(12)9-15/h5-10H,2-4H2,1H3,(H,19,20). The molecular formula is C17H16FNO. The average Bonchev–Trinajstić information content (AvgIpc) is 2.89. The van der Waals surface area contributed by atoms with Crippen molar-refractivity contribution in [3.63, 3.8) is 0 Å². The Morgan fingerprint density at radius 2 is 1.90 bits per heavy atom. The number of halogens is 1. The summed E-state index contributed by atoms with van der Waals surface area (Å²) < 4.78 is 13.5. The van der Waals surface area contributed by atoms with Crippen LogP contribution in [0.3, 0.4) is 0 Å². The van der Waals surface area contributed by atoms with Gasteiger partial charge in [-0.1, -0.05) is 12.1 Å². The number of carbonyl (C=O) groups is 1. The molecule has 0 saturated heterocycles. The molecule has 1 amide bonds. The third-order valence-corrected chi connectivity index (χ3v) is 3.79. The number of fused-ring (bicyclic) bond motifs is 1. The average molecular weight is 269 g/mol. The van der Waals surface area contributed by atoms with Crippen LogP contribution in [0.4, 0.5) is 10.1 Å². The summed E-state index contributed by atoms with van der Waals surface area (Å²) in [6.45, 7) is 1.68. The highest BCUT2D eigenvalue weighted by atomic mass is 19.1. The number of amides is 1. The molecule has 3 heteroatoms. The van der Waals surface area contributed by atoms with Crippen molar-refractivity contribution < 1.29 is 9.18 Å². The van der Waals surface area contributed by atoms with Crippen LogP contribution >= 0.6 is 0 Å². The minimum atomic E-state index is -0.355. The van der Waals surface area contributed by atoms with Gasteiger partial charge in [0, 0.05) is 11.3 Å². The summed E-state index contributed by atoms with van der Waals surface area (Å²) in [6, 6.07) is 10.5. The van der Waals surface area contributed by atoms with Gasteiger partial charge in [0.2, 0.25) is 0 Å². The zero-order valence-electron chi connectivity index (χ0n) is 11.4. The molecule has 0 aliphatic heterocycles. The molecule has 20 heavy (non-hydrogen) atoms. The van der Waals surface area contributed by atoms with Crippen LogP contribution in [0.15, 0.2) is 36.4 Å². The molecule has 1 aliphatic rings. The second kappa shape index (κ2) is 5.08. The van der Waals surface area contributed by atoms with E-state index in [1.54, 1.807) is 19.1 Å². The van der Waals surface area contributed by atoms with Gasteiger partial charge >= 0.3 is 0 Å². The van der Waals surface area contributed by atoms with E-state index in [0.717, 1.165) is 18.5 Å². The maximum absolute atomic E-state index is 13.5. The van der Waals surface area contributed by atoms with Crippen molar-refractivity contribution in [1.82, 2.24) is 0 Å². The molecule has 1 N–H and O–H groups in total. The summed E-state index contributed by atoms with van der Waals surface area (Å²) in [6.07, 6.45) is 3.36. The fourth-order valence-electron chi connectivity index (χ4n) is 2.59. The second-order valence-corrected chi connectivity index (χ2v) is 5.26. The van der Waals surface area contributed by atoms with Crippen molar-refractivity contribution in [2.24, 2.45) is 0 Å². The van der Waals surface area contributed by atoms with E-state index in [1.165, 1.54) is 23.6 Å². The Labute approximate surface area is 117 Å². The summed E-state index contributed by atoms with van der Waals surface area (Å²) in [5.41, 5.74) is 4.33. The maximum atomic E-state index is 13.5. The van der Waals surface area contributed by atoms with E-state index in [0.29, 0.717) is 11.1 Å². The lowest BCUT2D eigenvalue weighted by Gasteiger charge is -2.08. The summed E-state index contributed by atoms with van der Waals surface area (Å²) in [7, 11) is 0. The summed E-state index contributed by atoms with van der Waals surface area (Å²) in [4.78, 5) is 12.1. The summed E-state index contributed by atoms with van der Waals surface area (Å²) >= 11 is 0. The Balaban J connectivity index is 1.80. The molecule has 2 aromatic carbocycles. The van der Waals surface area contributed by atoms with Crippen LogP contribution in [0.25, 0.3) is 0 Å². The topological polar surface area (TPSA) is 29.1 Å². The molecule has 0 heterocycles. The highest BCUT2D eigenvalue weighted by molar-refractivity contribution is 6.04. The molecule has 0 radical (unpaired) electrons. The third kappa shape index (κ3) is 2.44. The molecular weight excluding hydrogens is 253 g/mol. The van der Waals surface area contributed by atoms with Gasteiger partial charge in [-0.05, 0) is 67.1 Å². The summed E-state index contributed by atoms with van der Waals surface area (Å²) in [5.74, 6) is -0.631. The number of benzene rings is 2. The number of aryl methyl sites for hydroxylation is 3. The second-order valence-electron chi connectivity index (χ2n) is 5.26. The van der Waals surface area contributed by atoms with E-state index in [9.17, 15) is 9.18 Å².